The number of rotatable bonds is 8. The van der Waals surface area contributed by atoms with Crippen molar-refractivity contribution in [1.82, 2.24) is 4.72 Å². The van der Waals surface area contributed by atoms with Crippen LogP contribution in [0, 0.1) is 0 Å². The lowest BCUT2D eigenvalue weighted by molar-refractivity contribution is 0.0834. The molecule has 0 amide bonds. The van der Waals surface area contributed by atoms with Gasteiger partial charge in [0, 0.05) is 13.1 Å². The standard InChI is InChI=1S/C13H22N2O4S/c1-10(2)19-7-6-15-20(16,17)13-5-4-11(9-14)8-12(13)18-3/h4-5,8,10,15H,6-7,9,14H2,1-3H3. The smallest absolute Gasteiger partial charge is 0.244 e. The van der Waals surface area contributed by atoms with Gasteiger partial charge in [-0.3, -0.25) is 0 Å². The second kappa shape index (κ2) is 7.58. The molecule has 20 heavy (non-hydrogen) atoms. The molecule has 0 aliphatic carbocycles. The van der Waals surface area contributed by atoms with Gasteiger partial charge in [0.25, 0.3) is 0 Å². The third-order valence-electron chi connectivity index (χ3n) is 2.60. The Bertz CT molecular complexity index is 529. The van der Waals surface area contributed by atoms with Gasteiger partial charge >= 0.3 is 0 Å². The van der Waals surface area contributed by atoms with Crippen LogP contribution >= 0.6 is 0 Å². The minimum Gasteiger partial charge on any atom is -0.495 e. The zero-order valence-electron chi connectivity index (χ0n) is 12.0. The van der Waals surface area contributed by atoms with Crippen molar-refractivity contribution in [3.63, 3.8) is 0 Å². The van der Waals surface area contributed by atoms with Gasteiger partial charge in [-0.05, 0) is 31.5 Å². The van der Waals surface area contributed by atoms with Crippen LogP contribution < -0.4 is 15.2 Å². The maximum absolute atomic E-state index is 12.2. The molecule has 0 bridgehead atoms. The lowest BCUT2D eigenvalue weighted by Gasteiger charge is -2.12. The third-order valence-corrected chi connectivity index (χ3v) is 4.10. The number of ether oxygens (including phenoxy) is 2. The number of nitrogens with one attached hydrogen (secondary N) is 1. The summed E-state index contributed by atoms with van der Waals surface area (Å²) in [6, 6.07) is 4.79. The lowest BCUT2D eigenvalue weighted by Crippen LogP contribution is -2.28. The number of methoxy groups -OCH3 is 1. The number of nitrogens with two attached hydrogens (primary N) is 1. The SMILES string of the molecule is COc1cc(CN)ccc1S(=O)(=O)NCCOC(C)C. The first-order valence-corrected chi connectivity index (χ1v) is 7.87. The summed E-state index contributed by atoms with van der Waals surface area (Å²) in [5.41, 5.74) is 6.33. The van der Waals surface area contributed by atoms with Crippen molar-refractivity contribution in [2.75, 3.05) is 20.3 Å². The van der Waals surface area contributed by atoms with Crippen LogP contribution in [0.4, 0.5) is 0 Å². The molecule has 0 saturated carbocycles. The van der Waals surface area contributed by atoms with Crippen molar-refractivity contribution in [2.24, 2.45) is 5.73 Å². The van der Waals surface area contributed by atoms with E-state index in [0.29, 0.717) is 13.2 Å². The van der Waals surface area contributed by atoms with Gasteiger partial charge in [-0.2, -0.15) is 0 Å². The van der Waals surface area contributed by atoms with Gasteiger partial charge in [-0.25, -0.2) is 13.1 Å². The molecule has 0 aromatic heterocycles. The summed E-state index contributed by atoms with van der Waals surface area (Å²) >= 11 is 0. The van der Waals surface area contributed by atoms with Gasteiger partial charge in [-0.1, -0.05) is 6.07 Å². The van der Waals surface area contributed by atoms with Crippen molar-refractivity contribution in [1.29, 1.82) is 0 Å². The van der Waals surface area contributed by atoms with Gasteiger partial charge in [0.2, 0.25) is 10.0 Å². The predicted molar refractivity (Wildman–Crippen MR) is 77.2 cm³/mol. The molecule has 0 unspecified atom stereocenters. The summed E-state index contributed by atoms with van der Waals surface area (Å²) in [5, 5.41) is 0. The van der Waals surface area contributed by atoms with E-state index < -0.39 is 10.0 Å². The van der Waals surface area contributed by atoms with Crippen molar-refractivity contribution in [2.45, 2.75) is 31.4 Å². The second-order valence-electron chi connectivity index (χ2n) is 4.51. The van der Waals surface area contributed by atoms with Gasteiger partial charge in [0.1, 0.15) is 10.6 Å². The molecule has 1 aromatic rings. The Balaban J connectivity index is 2.81. The molecule has 0 radical (unpaired) electrons. The van der Waals surface area contributed by atoms with E-state index in [2.05, 4.69) is 4.72 Å². The largest absolute Gasteiger partial charge is 0.495 e. The maximum atomic E-state index is 12.2. The Morgan fingerprint density at radius 3 is 2.60 bits per heavy atom. The van der Waals surface area contributed by atoms with E-state index in [1.165, 1.54) is 13.2 Å². The monoisotopic (exact) mass is 302 g/mol. The maximum Gasteiger partial charge on any atom is 0.244 e. The molecular weight excluding hydrogens is 280 g/mol. The summed E-state index contributed by atoms with van der Waals surface area (Å²) in [7, 11) is -2.19. The minimum atomic E-state index is -3.62. The van der Waals surface area contributed by atoms with E-state index in [4.69, 9.17) is 15.2 Å². The van der Waals surface area contributed by atoms with Crippen LogP contribution in [0.25, 0.3) is 0 Å². The summed E-state index contributed by atoms with van der Waals surface area (Å²) in [4.78, 5) is 0.0988. The molecule has 0 aliphatic rings. The zero-order chi connectivity index (χ0) is 15.2. The summed E-state index contributed by atoms with van der Waals surface area (Å²) in [6.07, 6.45) is 0.0675. The number of hydrogen-bond acceptors (Lipinski definition) is 5. The van der Waals surface area contributed by atoms with Crippen molar-refractivity contribution in [3.05, 3.63) is 23.8 Å². The van der Waals surface area contributed by atoms with E-state index in [0.717, 1.165) is 5.56 Å². The average Bonchev–Trinajstić information content (AvgIpc) is 2.42. The molecule has 0 atom stereocenters. The summed E-state index contributed by atoms with van der Waals surface area (Å²) in [5.74, 6) is 0.283. The van der Waals surface area contributed by atoms with Gasteiger partial charge in [-0.15, -0.1) is 0 Å². The van der Waals surface area contributed by atoms with Crippen LogP contribution in [0.1, 0.15) is 19.4 Å². The Morgan fingerprint density at radius 1 is 1.35 bits per heavy atom. The van der Waals surface area contributed by atoms with E-state index in [1.54, 1.807) is 12.1 Å². The third kappa shape index (κ3) is 4.75. The molecule has 1 rings (SSSR count). The topological polar surface area (TPSA) is 90.7 Å². The zero-order valence-corrected chi connectivity index (χ0v) is 12.9. The molecule has 3 N–H and O–H groups in total. The van der Waals surface area contributed by atoms with Crippen LogP contribution in [0.2, 0.25) is 0 Å². The predicted octanol–water partition coefficient (Wildman–Crippen LogP) is 0.857. The quantitative estimate of drug-likeness (QED) is 0.695. The minimum absolute atomic E-state index is 0.0675. The Morgan fingerprint density at radius 2 is 2.05 bits per heavy atom. The van der Waals surface area contributed by atoms with Gasteiger partial charge in [0.05, 0.1) is 19.8 Å². The van der Waals surface area contributed by atoms with Crippen LogP contribution in [0.5, 0.6) is 5.75 Å². The molecule has 6 nitrogen and oxygen atoms in total. The molecule has 0 fully saturated rings. The highest BCUT2D eigenvalue weighted by atomic mass is 32.2. The fourth-order valence-corrected chi connectivity index (χ4v) is 2.77. The van der Waals surface area contributed by atoms with Gasteiger partial charge < -0.3 is 15.2 Å². The van der Waals surface area contributed by atoms with E-state index in [-0.39, 0.29) is 23.3 Å². The van der Waals surface area contributed by atoms with E-state index in [1.807, 2.05) is 13.8 Å². The highest BCUT2D eigenvalue weighted by Crippen LogP contribution is 2.24. The number of benzene rings is 1. The molecule has 1 aromatic carbocycles. The van der Waals surface area contributed by atoms with E-state index in [9.17, 15) is 8.42 Å². The fraction of sp³-hybridized carbons (Fsp3) is 0.538. The Kier molecular flexibility index (Phi) is 6.41. The summed E-state index contributed by atoms with van der Waals surface area (Å²) in [6.45, 7) is 4.64. The molecule has 114 valence electrons. The molecule has 0 saturated heterocycles. The second-order valence-corrected chi connectivity index (χ2v) is 6.24. The summed E-state index contributed by atoms with van der Waals surface area (Å²) < 4.78 is 37.2. The molecule has 0 spiro atoms. The molecule has 7 heteroatoms. The molecule has 0 heterocycles. The average molecular weight is 302 g/mol. The van der Waals surface area contributed by atoms with Crippen LogP contribution in [0.15, 0.2) is 23.1 Å². The fourth-order valence-electron chi connectivity index (χ4n) is 1.61. The van der Waals surface area contributed by atoms with Crippen molar-refractivity contribution in [3.8, 4) is 5.75 Å². The van der Waals surface area contributed by atoms with Crippen LogP contribution in [-0.2, 0) is 21.3 Å². The first kappa shape index (κ1) is 16.9. The van der Waals surface area contributed by atoms with Crippen LogP contribution in [0.3, 0.4) is 0 Å². The highest BCUT2D eigenvalue weighted by molar-refractivity contribution is 7.89. The van der Waals surface area contributed by atoms with Crippen LogP contribution in [-0.4, -0.2) is 34.8 Å². The Hall–Kier alpha value is -1.15. The first-order valence-electron chi connectivity index (χ1n) is 6.39. The normalized spacial score (nSPS) is 11.8. The van der Waals surface area contributed by atoms with Crippen molar-refractivity contribution < 1.29 is 17.9 Å². The van der Waals surface area contributed by atoms with E-state index >= 15 is 0 Å². The molecule has 0 aliphatic heterocycles. The Labute approximate surface area is 120 Å². The molecular formula is C13H22N2O4S. The van der Waals surface area contributed by atoms with Crippen molar-refractivity contribution >= 4 is 10.0 Å². The number of hydrogen-bond donors (Lipinski definition) is 2. The lowest BCUT2D eigenvalue weighted by atomic mass is 10.2. The highest BCUT2D eigenvalue weighted by Gasteiger charge is 2.19. The van der Waals surface area contributed by atoms with Gasteiger partial charge in [0.15, 0.2) is 0 Å². The first-order chi connectivity index (χ1) is 9.40. The number of sulfonamides is 1.